The molecule has 9 heteroatoms. The lowest BCUT2D eigenvalue weighted by atomic mass is 9.96. The van der Waals surface area contributed by atoms with E-state index in [1.807, 2.05) is 69.3 Å². The van der Waals surface area contributed by atoms with Crippen molar-refractivity contribution in [2.24, 2.45) is 5.10 Å². The number of ether oxygens (including phenoxy) is 3. The van der Waals surface area contributed by atoms with Gasteiger partial charge in [0.1, 0.15) is 12.4 Å². The minimum absolute atomic E-state index is 0.188. The van der Waals surface area contributed by atoms with Crippen LogP contribution < -0.4 is 19.8 Å². The van der Waals surface area contributed by atoms with E-state index in [0.29, 0.717) is 57.0 Å². The van der Waals surface area contributed by atoms with Gasteiger partial charge < -0.3 is 14.2 Å². The van der Waals surface area contributed by atoms with Crippen LogP contribution in [-0.4, -0.2) is 29.1 Å². The molecule has 0 aliphatic rings. The number of rotatable bonds is 11. The molecule has 5 rings (SSSR count). The lowest BCUT2D eigenvalue weighted by Crippen LogP contribution is -2.21. The second-order valence-corrected chi connectivity index (χ2v) is 11.6. The molecule has 4 aromatic carbocycles. The molecule has 0 saturated carbocycles. The summed E-state index contributed by atoms with van der Waals surface area (Å²) in [7, 11) is 0. The van der Waals surface area contributed by atoms with E-state index < -0.39 is 0 Å². The van der Waals surface area contributed by atoms with E-state index in [2.05, 4.69) is 18.9 Å². The highest BCUT2D eigenvalue weighted by atomic mass is 35.5. The van der Waals surface area contributed by atoms with E-state index in [1.165, 1.54) is 4.68 Å². The number of hydrogen-bond acceptors (Lipinski definition) is 6. The molecule has 0 aliphatic carbocycles. The van der Waals surface area contributed by atoms with Crippen molar-refractivity contribution in [2.75, 3.05) is 13.2 Å². The zero-order valence-electron chi connectivity index (χ0n) is 25.9. The van der Waals surface area contributed by atoms with Crippen LogP contribution in [0.4, 0.5) is 0 Å². The van der Waals surface area contributed by atoms with E-state index in [4.69, 9.17) is 42.4 Å². The van der Waals surface area contributed by atoms with E-state index in [0.717, 1.165) is 28.0 Å². The van der Waals surface area contributed by atoms with Crippen LogP contribution >= 0.6 is 23.2 Å². The Morgan fingerprint density at radius 1 is 0.889 bits per heavy atom. The highest BCUT2D eigenvalue weighted by Crippen LogP contribution is 2.38. The van der Waals surface area contributed by atoms with Gasteiger partial charge in [-0.2, -0.15) is 9.78 Å². The maximum absolute atomic E-state index is 13.9. The van der Waals surface area contributed by atoms with Gasteiger partial charge in [0.25, 0.3) is 5.56 Å². The van der Waals surface area contributed by atoms with Gasteiger partial charge in [-0.3, -0.25) is 4.79 Å². The number of fused-ring (bicyclic) bond motifs is 1. The predicted octanol–water partition coefficient (Wildman–Crippen LogP) is 9.06. The van der Waals surface area contributed by atoms with Crippen molar-refractivity contribution in [3.63, 3.8) is 0 Å². The third kappa shape index (κ3) is 7.00. The number of hydrogen-bond donors (Lipinski definition) is 0. The van der Waals surface area contributed by atoms with Gasteiger partial charge in [-0.25, -0.2) is 4.98 Å². The zero-order valence-corrected chi connectivity index (χ0v) is 27.4. The van der Waals surface area contributed by atoms with Gasteiger partial charge in [0, 0.05) is 16.1 Å². The molecular formula is C36H35Cl2N3O4. The van der Waals surface area contributed by atoms with Crippen LogP contribution in [0.15, 0.2) is 82.7 Å². The van der Waals surface area contributed by atoms with E-state index in [-0.39, 0.29) is 18.1 Å². The van der Waals surface area contributed by atoms with Crippen LogP contribution in [0.3, 0.4) is 0 Å². The Morgan fingerprint density at radius 3 is 2.33 bits per heavy atom. The maximum atomic E-state index is 13.9. The lowest BCUT2D eigenvalue weighted by Gasteiger charge is -2.18. The lowest BCUT2D eigenvalue weighted by molar-refractivity contribution is 0.269. The third-order valence-corrected chi connectivity index (χ3v) is 7.91. The summed E-state index contributed by atoms with van der Waals surface area (Å²) in [5.74, 6) is 2.28. The van der Waals surface area contributed by atoms with Crippen LogP contribution in [-0.2, 0) is 6.61 Å². The van der Waals surface area contributed by atoms with Gasteiger partial charge in [-0.05, 0) is 85.8 Å². The van der Waals surface area contributed by atoms with Crippen LogP contribution in [0.2, 0.25) is 10.0 Å². The van der Waals surface area contributed by atoms with Gasteiger partial charge in [0.15, 0.2) is 17.3 Å². The Balaban J connectivity index is 1.60. The summed E-state index contributed by atoms with van der Waals surface area (Å²) < 4.78 is 19.2. The summed E-state index contributed by atoms with van der Waals surface area (Å²) in [6.07, 6.45) is 1.57. The Kier molecular flexibility index (Phi) is 10.1. The number of benzene rings is 4. The van der Waals surface area contributed by atoms with Crippen molar-refractivity contribution in [1.29, 1.82) is 0 Å². The average molecular weight is 645 g/mol. The number of halogens is 2. The summed E-state index contributed by atoms with van der Waals surface area (Å²) in [5.41, 5.74) is 4.47. The number of aromatic nitrogens is 2. The molecular weight excluding hydrogens is 609 g/mol. The first-order chi connectivity index (χ1) is 21.7. The second-order valence-electron chi connectivity index (χ2n) is 10.7. The Bertz CT molecular complexity index is 1930. The van der Waals surface area contributed by atoms with Crippen LogP contribution in [0.25, 0.3) is 22.3 Å². The second kappa shape index (κ2) is 14.2. The van der Waals surface area contributed by atoms with Crippen molar-refractivity contribution in [3.05, 3.63) is 115 Å². The Hall–Kier alpha value is -4.33. The fraction of sp³-hybridized carbons (Fsp3) is 0.250. The molecule has 5 aromatic rings. The van der Waals surface area contributed by atoms with Gasteiger partial charge in [-0.15, -0.1) is 0 Å². The molecule has 0 fully saturated rings. The molecule has 1 aromatic heterocycles. The summed E-state index contributed by atoms with van der Waals surface area (Å²) >= 11 is 13.0. The van der Waals surface area contributed by atoms with Crippen molar-refractivity contribution >= 4 is 40.3 Å². The first-order valence-corrected chi connectivity index (χ1v) is 15.6. The number of nitrogens with zero attached hydrogens (tertiary/aromatic N) is 3. The minimum atomic E-state index is -0.290. The fourth-order valence-electron chi connectivity index (χ4n) is 5.03. The van der Waals surface area contributed by atoms with Gasteiger partial charge >= 0.3 is 0 Å². The van der Waals surface area contributed by atoms with E-state index >= 15 is 0 Å². The summed E-state index contributed by atoms with van der Waals surface area (Å²) in [4.78, 5) is 18.8. The largest absolute Gasteiger partial charge is 0.494 e. The summed E-state index contributed by atoms with van der Waals surface area (Å²) in [5, 5.41) is 6.06. The van der Waals surface area contributed by atoms with Gasteiger partial charge in [-0.1, -0.05) is 67.4 Å². The third-order valence-electron chi connectivity index (χ3n) is 7.26. The standard InChI is InChI=1S/C36H35Cl2N3O4/c1-6-43-32-16-23(5)28(19-27(32)22(3)4)35-40-31-15-11-9-13-26(31)36(42)41(35)39-20-24-17-30(38)34(33(18-24)44-7-2)45-21-25-12-8-10-14-29(25)37/h8-20,22H,6-7,21H2,1-5H3. The fourth-order valence-corrected chi connectivity index (χ4v) is 5.50. The molecule has 0 aliphatic heterocycles. The smallest absolute Gasteiger partial charge is 0.282 e. The molecule has 0 spiro atoms. The van der Waals surface area contributed by atoms with Crippen molar-refractivity contribution in [1.82, 2.24) is 9.66 Å². The molecule has 7 nitrogen and oxygen atoms in total. The molecule has 0 saturated heterocycles. The van der Waals surface area contributed by atoms with Gasteiger partial charge in [0.05, 0.1) is 35.4 Å². The minimum Gasteiger partial charge on any atom is -0.494 e. The molecule has 0 bridgehead atoms. The summed E-state index contributed by atoms with van der Waals surface area (Å²) in [6.45, 7) is 11.2. The van der Waals surface area contributed by atoms with Gasteiger partial charge in [0.2, 0.25) is 0 Å². The van der Waals surface area contributed by atoms with Crippen LogP contribution in [0.5, 0.6) is 17.2 Å². The van der Waals surface area contributed by atoms with Crippen molar-refractivity contribution < 1.29 is 14.2 Å². The molecule has 1 heterocycles. The molecule has 0 radical (unpaired) electrons. The topological polar surface area (TPSA) is 74.9 Å². The van der Waals surface area contributed by atoms with E-state index in [1.54, 1.807) is 30.5 Å². The first-order valence-electron chi connectivity index (χ1n) is 14.9. The molecule has 45 heavy (non-hydrogen) atoms. The Morgan fingerprint density at radius 2 is 1.60 bits per heavy atom. The van der Waals surface area contributed by atoms with Crippen LogP contribution in [0, 0.1) is 6.92 Å². The first kappa shape index (κ1) is 32.1. The van der Waals surface area contributed by atoms with E-state index in [9.17, 15) is 4.79 Å². The van der Waals surface area contributed by atoms with Crippen LogP contribution in [0.1, 0.15) is 55.9 Å². The SMILES string of the molecule is CCOc1cc(C)c(-c2nc3ccccc3c(=O)n2N=Cc2cc(Cl)c(OCc3ccccc3Cl)c(OCC)c2)cc1C(C)C. The summed E-state index contributed by atoms with van der Waals surface area (Å²) in [6, 6.07) is 22.2. The molecule has 0 unspecified atom stereocenters. The number of aryl methyl sites for hydroxylation is 1. The Labute approximate surface area is 273 Å². The predicted molar refractivity (Wildman–Crippen MR) is 183 cm³/mol. The monoisotopic (exact) mass is 643 g/mol. The highest BCUT2D eigenvalue weighted by molar-refractivity contribution is 6.32. The molecule has 0 atom stereocenters. The molecule has 0 amide bonds. The normalized spacial score (nSPS) is 11.5. The zero-order chi connectivity index (χ0) is 32.1. The highest BCUT2D eigenvalue weighted by Gasteiger charge is 2.19. The quantitative estimate of drug-likeness (QED) is 0.134. The van der Waals surface area contributed by atoms with Crippen molar-refractivity contribution in [2.45, 2.75) is 47.1 Å². The average Bonchev–Trinajstić information content (AvgIpc) is 3.01. The van der Waals surface area contributed by atoms with Crippen molar-refractivity contribution in [3.8, 4) is 28.6 Å². The molecule has 232 valence electrons. The number of para-hydroxylation sites is 1. The molecule has 0 N–H and O–H groups in total. The maximum Gasteiger partial charge on any atom is 0.282 e.